The summed E-state index contributed by atoms with van der Waals surface area (Å²) in [7, 11) is 0. The summed E-state index contributed by atoms with van der Waals surface area (Å²) in [6.07, 6.45) is 2.32. The molecule has 2 atom stereocenters. The first kappa shape index (κ1) is 16.5. The molecular weight excluding hydrogens is 286 g/mol. The highest BCUT2D eigenvalue weighted by atomic mass is 16.1. The summed E-state index contributed by atoms with van der Waals surface area (Å²) in [5, 5.41) is 6.42. The number of likely N-dealkylation sites (tertiary alicyclic amines) is 1. The van der Waals surface area contributed by atoms with E-state index in [2.05, 4.69) is 52.8 Å². The van der Waals surface area contributed by atoms with Gasteiger partial charge in [-0.25, -0.2) is 0 Å². The molecule has 2 heterocycles. The summed E-state index contributed by atoms with van der Waals surface area (Å²) < 4.78 is 0. The van der Waals surface area contributed by atoms with Crippen LogP contribution in [-0.2, 0) is 11.2 Å². The van der Waals surface area contributed by atoms with Crippen molar-refractivity contribution in [3.8, 4) is 0 Å². The second kappa shape index (κ2) is 7.93. The van der Waals surface area contributed by atoms with E-state index < -0.39 is 0 Å². The van der Waals surface area contributed by atoms with Crippen LogP contribution in [0.5, 0.6) is 0 Å². The summed E-state index contributed by atoms with van der Waals surface area (Å²) in [4.78, 5) is 14.7. The lowest BCUT2D eigenvalue weighted by Crippen LogP contribution is -2.50. The number of nitrogens with zero attached hydrogens (tertiary/aromatic N) is 1. The maximum atomic E-state index is 12.2. The van der Waals surface area contributed by atoms with Gasteiger partial charge >= 0.3 is 0 Å². The van der Waals surface area contributed by atoms with Crippen molar-refractivity contribution < 1.29 is 4.79 Å². The van der Waals surface area contributed by atoms with Crippen molar-refractivity contribution in [2.45, 2.75) is 19.8 Å². The van der Waals surface area contributed by atoms with E-state index in [1.54, 1.807) is 0 Å². The SMILES string of the molecule is CC(C(=O)NCC1CCN(CCc2ccccc2)C1)C1CNC1. The van der Waals surface area contributed by atoms with Gasteiger partial charge in [0.25, 0.3) is 0 Å². The summed E-state index contributed by atoms with van der Waals surface area (Å²) in [5.74, 6) is 1.52. The minimum Gasteiger partial charge on any atom is -0.356 e. The van der Waals surface area contributed by atoms with Gasteiger partial charge in [0.2, 0.25) is 5.91 Å². The third-order valence-corrected chi connectivity index (χ3v) is 5.43. The standard InChI is InChI=1S/C19H29N3O/c1-15(18-12-20-13-18)19(23)21-11-17-8-10-22(14-17)9-7-16-5-3-2-4-6-16/h2-6,15,17-18,20H,7-14H2,1H3,(H,21,23). The Hall–Kier alpha value is -1.39. The van der Waals surface area contributed by atoms with Gasteiger partial charge in [0.05, 0.1) is 0 Å². The predicted octanol–water partition coefficient (Wildman–Crippen LogP) is 1.52. The average Bonchev–Trinajstić information content (AvgIpc) is 2.98. The number of nitrogens with one attached hydrogen (secondary N) is 2. The molecule has 1 amide bonds. The van der Waals surface area contributed by atoms with Crippen LogP contribution in [-0.4, -0.2) is 50.1 Å². The molecule has 3 rings (SSSR count). The summed E-state index contributed by atoms with van der Waals surface area (Å²) in [6.45, 7) is 8.28. The largest absolute Gasteiger partial charge is 0.356 e. The van der Waals surface area contributed by atoms with Gasteiger partial charge in [-0.2, -0.15) is 0 Å². The summed E-state index contributed by atoms with van der Waals surface area (Å²) in [6, 6.07) is 10.7. The van der Waals surface area contributed by atoms with Gasteiger partial charge in [0.1, 0.15) is 0 Å². The molecule has 0 aromatic heterocycles. The van der Waals surface area contributed by atoms with Crippen LogP contribution in [0.2, 0.25) is 0 Å². The van der Waals surface area contributed by atoms with Crippen LogP contribution in [0.15, 0.2) is 30.3 Å². The molecule has 4 nitrogen and oxygen atoms in total. The van der Waals surface area contributed by atoms with E-state index in [0.717, 1.165) is 45.7 Å². The normalized spacial score (nSPS) is 23.4. The number of rotatable bonds is 7. The quantitative estimate of drug-likeness (QED) is 0.802. The van der Waals surface area contributed by atoms with Crippen LogP contribution in [0.4, 0.5) is 0 Å². The third kappa shape index (κ3) is 4.55. The Labute approximate surface area is 139 Å². The van der Waals surface area contributed by atoms with Gasteiger partial charge in [-0.05, 0) is 49.9 Å². The number of hydrogen-bond acceptors (Lipinski definition) is 3. The first-order chi connectivity index (χ1) is 11.2. The Morgan fingerprint density at radius 3 is 2.83 bits per heavy atom. The molecule has 0 aliphatic carbocycles. The molecular formula is C19H29N3O. The molecule has 4 heteroatoms. The molecule has 1 aromatic rings. The Bertz CT molecular complexity index is 501. The molecule has 0 saturated carbocycles. The average molecular weight is 315 g/mol. The van der Waals surface area contributed by atoms with Crippen LogP contribution < -0.4 is 10.6 Å². The number of hydrogen-bond donors (Lipinski definition) is 2. The van der Waals surface area contributed by atoms with Crippen LogP contribution in [0, 0.1) is 17.8 Å². The molecule has 0 spiro atoms. The van der Waals surface area contributed by atoms with Crippen molar-refractivity contribution in [2.75, 3.05) is 39.3 Å². The van der Waals surface area contributed by atoms with E-state index >= 15 is 0 Å². The zero-order chi connectivity index (χ0) is 16.1. The first-order valence-corrected chi connectivity index (χ1v) is 8.97. The molecule has 1 aromatic carbocycles. The van der Waals surface area contributed by atoms with Crippen LogP contribution in [0.25, 0.3) is 0 Å². The van der Waals surface area contributed by atoms with E-state index in [1.165, 1.54) is 12.0 Å². The number of carbonyl (C=O) groups excluding carboxylic acids is 1. The lowest BCUT2D eigenvalue weighted by molar-refractivity contribution is -0.126. The molecule has 23 heavy (non-hydrogen) atoms. The van der Waals surface area contributed by atoms with E-state index in [1.807, 2.05) is 0 Å². The number of amides is 1. The molecule has 126 valence electrons. The Kier molecular flexibility index (Phi) is 5.68. The fourth-order valence-electron chi connectivity index (χ4n) is 3.50. The van der Waals surface area contributed by atoms with Crippen LogP contribution in [0.3, 0.4) is 0 Å². The van der Waals surface area contributed by atoms with Gasteiger partial charge in [-0.15, -0.1) is 0 Å². The lowest BCUT2D eigenvalue weighted by Gasteiger charge is -2.32. The fraction of sp³-hybridized carbons (Fsp3) is 0.632. The molecule has 0 bridgehead atoms. The van der Waals surface area contributed by atoms with Crippen molar-refractivity contribution in [1.82, 2.24) is 15.5 Å². The molecule has 2 fully saturated rings. The van der Waals surface area contributed by atoms with Gasteiger partial charge in [0, 0.05) is 25.6 Å². The third-order valence-electron chi connectivity index (χ3n) is 5.43. The number of carbonyl (C=O) groups is 1. The monoisotopic (exact) mass is 315 g/mol. The molecule has 2 unspecified atom stereocenters. The van der Waals surface area contributed by atoms with E-state index in [4.69, 9.17) is 0 Å². The maximum absolute atomic E-state index is 12.2. The highest BCUT2D eigenvalue weighted by Gasteiger charge is 2.29. The zero-order valence-electron chi connectivity index (χ0n) is 14.1. The Morgan fingerprint density at radius 2 is 2.13 bits per heavy atom. The lowest BCUT2D eigenvalue weighted by atomic mass is 9.88. The van der Waals surface area contributed by atoms with Crippen LogP contribution in [0.1, 0.15) is 18.9 Å². The van der Waals surface area contributed by atoms with Gasteiger partial charge in [0.15, 0.2) is 0 Å². The van der Waals surface area contributed by atoms with E-state index in [9.17, 15) is 4.79 Å². The highest BCUT2D eigenvalue weighted by Crippen LogP contribution is 2.18. The maximum Gasteiger partial charge on any atom is 0.223 e. The number of benzene rings is 1. The summed E-state index contributed by atoms with van der Waals surface area (Å²) in [5.41, 5.74) is 1.41. The van der Waals surface area contributed by atoms with Gasteiger partial charge in [-0.1, -0.05) is 37.3 Å². The second-order valence-electron chi connectivity index (χ2n) is 7.14. The molecule has 2 N–H and O–H groups in total. The predicted molar refractivity (Wildman–Crippen MR) is 93.2 cm³/mol. The van der Waals surface area contributed by atoms with Gasteiger partial charge in [-0.3, -0.25) is 4.79 Å². The van der Waals surface area contributed by atoms with Crippen molar-refractivity contribution >= 4 is 5.91 Å². The Morgan fingerprint density at radius 1 is 1.35 bits per heavy atom. The van der Waals surface area contributed by atoms with Crippen molar-refractivity contribution in [1.29, 1.82) is 0 Å². The van der Waals surface area contributed by atoms with Crippen LogP contribution >= 0.6 is 0 Å². The van der Waals surface area contributed by atoms with Crippen molar-refractivity contribution in [3.63, 3.8) is 0 Å². The topological polar surface area (TPSA) is 44.4 Å². The van der Waals surface area contributed by atoms with Crippen molar-refractivity contribution in [2.24, 2.45) is 17.8 Å². The summed E-state index contributed by atoms with van der Waals surface area (Å²) >= 11 is 0. The first-order valence-electron chi connectivity index (χ1n) is 8.97. The highest BCUT2D eigenvalue weighted by molar-refractivity contribution is 5.78. The minimum absolute atomic E-state index is 0.145. The minimum atomic E-state index is 0.145. The van der Waals surface area contributed by atoms with Gasteiger partial charge < -0.3 is 15.5 Å². The molecule has 2 saturated heterocycles. The molecule has 2 aliphatic heterocycles. The smallest absolute Gasteiger partial charge is 0.223 e. The fourth-order valence-corrected chi connectivity index (χ4v) is 3.50. The van der Waals surface area contributed by atoms with E-state index in [0.29, 0.717) is 11.8 Å². The molecule has 0 radical (unpaired) electrons. The Balaban J connectivity index is 1.34. The molecule has 2 aliphatic rings. The van der Waals surface area contributed by atoms with E-state index in [-0.39, 0.29) is 11.8 Å². The second-order valence-corrected chi connectivity index (χ2v) is 7.14. The zero-order valence-corrected chi connectivity index (χ0v) is 14.1. The van der Waals surface area contributed by atoms with Crippen molar-refractivity contribution in [3.05, 3.63) is 35.9 Å².